The van der Waals surface area contributed by atoms with Gasteiger partial charge in [-0.15, -0.1) is 0 Å². The highest BCUT2D eigenvalue weighted by Gasteiger charge is 2.30. The van der Waals surface area contributed by atoms with Crippen LogP contribution >= 0.6 is 11.8 Å². The van der Waals surface area contributed by atoms with Crippen molar-refractivity contribution in [2.75, 3.05) is 17.8 Å². The molecule has 0 saturated carbocycles. The minimum absolute atomic E-state index is 0.0305. The Morgan fingerprint density at radius 3 is 2.93 bits per heavy atom. The fourth-order valence-electron chi connectivity index (χ4n) is 3.60. The van der Waals surface area contributed by atoms with Crippen molar-refractivity contribution < 1.29 is 9.53 Å². The summed E-state index contributed by atoms with van der Waals surface area (Å²) in [6.45, 7) is 2.06. The zero-order chi connectivity index (χ0) is 19.7. The highest BCUT2D eigenvalue weighted by Crippen LogP contribution is 2.33. The molecule has 140 valence electrons. The molecule has 0 spiro atoms. The standard InChI is InChI=1S/C22H19N3O2S/c1-14-9-15-5-3-4-6-20(15)25(14)21(26)13-28-22-17(12-23)10-16-11-18(27-2)7-8-19(16)24-22/h3-8,10-11,14H,9,13H2,1-2H3/t14-/m0/s1. The highest BCUT2D eigenvalue weighted by atomic mass is 32.2. The average Bonchev–Trinajstić information content (AvgIpc) is 3.06. The summed E-state index contributed by atoms with van der Waals surface area (Å²) in [6.07, 6.45) is 0.867. The zero-order valence-electron chi connectivity index (χ0n) is 15.7. The number of amides is 1. The maximum absolute atomic E-state index is 12.9. The molecule has 28 heavy (non-hydrogen) atoms. The number of methoxy groups -OCH3 is 1. The summed E-state index contributed by atoms with van der Waals surface area (Å²) in [6, 6.07) is 17.7. The molecule has 0 unspecified atom stereocenters. The van der Waals surface area contributed by atoms with Gasteiger partial charge < -0.3 is 9.64 Å². The number of hydrogen-bond donors (Lipinski definition) is 0. The minimum atomic E-state index is 0.0305. The summed E-state index contributed by atoms with van der Waals surface area (Å²) in [5.74, 6) is 0.987. The highest BCUT2D eigenvalue weighted by molar-refractivity contribution is 8.00. The number of thioether (sulfide) groups is 1. The second kappa shape index (κ2) is 7.53. The predicted molar refractivity (Wildman–Crippen MR) is 111 cm³/mol. The fraction of sp³-hybridized carbons (Fsp3) is 0.227. The lowest BCUT2D eigenvalue weighted by molar-refractivity contribution is -0.116. The van der Waals surface area contributed by atoms with Crippen LogP contribution < -0.4 is 9.64 Å². The van der Waals surface area contributed by atoms with E-state index in [2.05, 4.69) is 24.0 Å². The summed E-state index contributed by atoms with van der Waals surface area (Å²) < 4.78 is 5.23. The molecular formula is C22H19N3O2S. The molecule has 1 amide bonds. The zero-order valence-corrected chi connectivity index (χ0v) is 16.5. The Kier molecular flexibility index (Phi) is 4.93. The van der Waals surface area contributed by atoms with Crippen molar-refractivity contribution >= 4 is 34.3 Å². The number of rotatable bonds is 4. The van der Waals surface area contributed by atoms with Crippen molar-refractivity contribution in [2.24, 2.45) is 0 Å². The molecule has 6 heteroatoms. The Labute approximate surface area is 167 Å². The van der Waals surface area contributed by atoms with E-state index in [1.807, 2.05) is 41.3 Å². The quantitative estimate of drug-likeness (QED) is 0.626. The first kappa shape index (κ1) is 18.3. The summed E-state index contributed by atoms with van der Waals surface area (Å²) in [4.78, 5) is 19.4. The maximum Gasteiger partial charge on any atom is 0.237 e. The first-order valence-electron chi connectivity index (χ1n) is 9.02. The van der Waals surface area contributed by atoms with Gasteiger partial charge in [-0.05, 0) is 49.2 Å². The van der Waals surface area contributed by atoms with Crippen LogP contribution in [0.3, 0.4) is 0 Å². The van der Waals surface area contributed by atoms with E-state index in [0.717, 1.165) is 28.8 Å². The number of anilines is 1. The molecule has 0 fully saturated rings. The Balaban J connectivity index is 1.57. The van der Waals surface area contributed by atoms with E-state index in [1.165, 1.54) is 17.3 Å². The van der Waals surface area contributed by atoms with E-state index < -0.39 is 0 Å². The third-order valence-corrected chi connectivity index (χ3v) is 5.89. The number of carbonyl (C=O) groups excluding carboxylic acids is 1. The van der Waals surface area contributed by atoms with E-state index in [0.29, 0.717) is 10.6 Å². The van der Waals surface area contributed by atoms with Crippen LogP contribution in [-0.2, 0) is 11.2 Å². The molecule has 1 aliphatic rings. The second-order valence-electron chi connectivity index (χ2n) is 6.75. The number of aromatic nitrogens is 1. The molecule has 0 radical (unpaired) electrons. The van der Waals surface area contributed by atoms with Crippen molar-refractivity contribution in [2.45, 2.75) is 24.4 Å². The number of pyridine rings is 1. The van der Waals surface area contributed by atoms with E-state index in [4.69, 9.17) is 4.74 Å². The predicted octanol–water partition coefficient (Wildman–Crippen LogP) is 4.18. The molecule has 1 aromatic heterocycles. The molecular weight excluding hydrogens is 370 g/mol. The molecule has 0 N–H and O–H groups in total. The van der Waals surface area contributed by atoms with Crippen LogP contribution in [-0.4, -0.2) is 29.8 Å². The molecule has 2 aromatic carbocycles. The Morgan fingerprint density at radius 1 is 1.32 bits per heavy atom. The van der Waals surface area contributed by atoms with E-state index in [-0.39, 0.29) is 17.7 Å². The lowest BCUT2D eigenvalue weighted by atomic mass is 10.1. The molecule has 4 rings (SSSR count). The molecule has 5 nitrogen and oxygen atoms in total. The van der Waals surface area contributed by atoms with Crippen LogP contribution in [0.4, 0.5) is 5.69 Å². The van der Waals surface area contributed by atoms with Gasteiger partial charge in [0.05, 0.1) is 23.9 Å². The molecule has 0 bridgehead atoms. The first-order chi connectivity index (χ1) is 13.6. The molecule has 1 atom stereocenters. The van der Waals surface area contributed by atoms with Gasteiger partial charge in [0.15, 0.2) is 0 Å². The fourth-order valence-corrected chi connectivity index (χ4v) is 4.42. The van der Waals surface area contributed by atoms with Crippen LogP contribution in [0, 0.1) is 11.3 Å². The van der Waals surface area contributed by atoms with E-state index >= 15 is 0 Å². The topological polar surface area (TPSA) is 66.2 Å². The Morgan fingerprint density at radius 2 is 2.14 bits per heavy atom. The lowest BCUT2D eigenvalue weighted by Crippen LogP contribution is -2.37. The number of fused-ring (bicyclic) bond motifs is 2. The van der Waals surface area contributed by atoms with Crippen molar-refractivity contribution in [1.29, 1.82) is 5.26 Å². The van der Waals surface area contributed by atoms with E-state index in [1.54, 1.807) is 13.2 Å². The smallest absolute Gasteiger partial charge is 0.237 e. The molecule has 2 heterocycles. The van der Waals surface area contributed by atoms with Crippen molar-refractivity contribution in [3.63, 3.8) is 0 Å². The van der Waals surface area contributed by atoms with Gasteiger partial charge in [-0.3, -0.25) is 4.79 Å². The van der Waals surface area contributed by atoms with Crippen LogP contribution in [0.1, 0.15) is 18.1 Å². The van der Waals surface area contributed by atoms with Crippen LogP contribution in [0.2, 0.25) is 0 Å². The number of nitrogens with zero attached hydrogens (tertiary/aromatic N) is 3. The number of hydrogen-bond acceptors (Lipinski definition) is 5. The normalized spacial score (nSPS) is 15.3. The molecule has 0 aliphatic carbocycles. The second-order valence-corrected chi connectivity index (χ2v) is 7.71. The van der Waals surface area contributed by atoms with Gasteiger partial charge in [0.2, 0.25) is 5.91 Å². The summed E-state index contributed by atoms with van der Waals surface area (Å²) in [5, 5.41) is 10.9. The number of carbonyl (C=O) groups is 1. The van der Waals surface area contributed by atoms with Gasteiger partial charge in [-0.25, -0.2) is 4.98 Å². The van der Waals surface area contributed by atoms with Gasteiger partial charge in [-0.1, -0.05) is 30.0 Å². The van der Waals surface area contributed by atoms with Crippen molar-refractivity contribution in [1.82, 2.24) is 4.98 Å². The summed E-state index contributed by atoms with van der Waals surface area (Å²) >= 11 is 1.31. The monoisotopic (exact) mass is 389 g/mol. The maximum atomic E-state index is 12.9. The number of benzene rings is 2. The average molecular weight is 389 g/mol. The van der Waals surface area contributed by atoms with Gasteiger partial charge >= 0.3 is 0 Å². The number of ether oxygens (including phenoxy) is 1. The minimum Gasteiger partial charge on any atom is -0.497 e. The molecule has 0 saturated heterocycles. The third kappa shape index (κ3) is 3.30. The van der Waals surface area contributed by atoms with Crippen LogP contribution in [0.25, 0.3) is 10.9 Å². The van der Waals surface area contributed by atoms with Gasteiger partial charge in [0, 0.05) is 17.1 Å². The summed E-state index contributed by atoms with van der Waals surface area (Å²) in [7, 11) is 1.60. The largest absolute Gasteiger partial charge is 0.497 e. The molecule has 3 aromatic rings. The van der Waals surface area contributed by atoms with Crippen LogP contribution in [0.15, 0.2) is 53.6 Å². The van der Waals surface area contributed by atoms with E-state index in [9.17, 15) is 10.1 Å². The molecule has 1 aliphatic heterocycles. The summed E-state index contributed by atoms with van der Waals surface area (Å²) in [5.41, 5.74) is 3.42. The van der Waals surface area contributed by atoms with Crippen molar-refractivity contribution in [3.8, 4) is 11.8 Å². The first-order valence-corrected chi connectivity index (χ1v) is 10.0. The number of para-hydroxylation sites is 1. The van der Waals surface area contributed by atoms with Crippen LogP contribution in [0.5, 0.6) is 5.75 Å². The SMILES string of the molecule is COc1ccc2nc(SCC(=O)N3c4ccccc4C[C@@H]3C)c(C#N)cc2c1. The third-order valence-electron chi connectivity index (χ3n) is 4.92. The van der Waals surface area contributed by atoms with Gasteiger partial charge in [0.25, 0.3) is 0 Å². The van der Waals surface area contributed by atoms with Crippen molar-refractivity contribution in [3.05, 3.63) is 59.7 Å². The van der Waals surface area contributed by atoms with Gasteiger partial charge in [0.1, 0.15) is 16.8 Å². The Hall–Kier alpha value is -3.04. The number of nitriles is 1. The Bertz CT molecular complexity index is 1110. The lowest BCUT2D eigenvalue weighted by Gasteiger charge is -2.22. The van der Waals surface area contributed by atoms with Gasteiger partial charge in [-0.2, -0.15) is 5.26 Å².